The fourth-order valence-electron chi connectivity index (χ4n) is 1.98. The molecule has 0 aliphatic heterocycles. The van der Waals surface area contributed by atoms with Gasteiger partial charge in [-0.3, -0.25) is 4.57 Å². The lowest BCUT2D eigenvalue weighted by atomic mass is 10.3. The van der Waals surface area contributed by atoms with Crippen LogP contribution in [0.2, 0.25) is 0 Å². The third-order valence-corrected chi connectivity index (χ3v) is 2.94. The molecule has 0 fully saturated rings. The van der Waals surface area contributed by atoms with E-state index in [1.807, 2.05) is 42.0 Å². The Morgan fingerprint density at radius 1 is 1.30 bits per heavy atom. The molecule has 0 amide bonds. The highest BCUT2D eigenvalue weighted by Gasteiger charge is 2.08. The van der Waals surface area contributed by atoms with Crippen LogP contribution in [0.3, 0.4) is 0 Å². The fraction of sp³-hybridized carbons (Fsp3) is 0.400. The first-order chi connectivity index (χ1) is 9.86. The van der Waals surface area contributed by atoms with Gasteiger partial charge in [0.15, 0.2) is 0 Å². The summed E-state index contributed by atoms with van der Waals surface area (Å²) in [6.07, 6.45) is 4.65. The van der Waals surface area contributed by atoms with Gasteiger partial charge in [0.25, 0.3) is 0 Å². The highest BCUT2D eigenvalue weighted by atomic mass is 16.5. The minimum atomic E-state index is 0.760. The van der Waals surface area contributed by atoms with E-state index in [9.17, 15) is 0 Å². The summed E-state index contributed by atoms with van der Waals surface area (Å²) in [5.74, 6) is 1.63. The standard InChI is InChI=1S/C15H21N3O2/c1-3-20-12-6-9-16-15-17-10-11-18(15)13-7-4-5-8-14(13)19-2/h4-5,7-8,10-11H,3,6,9,12H2,1-2H3,(H,16,17). The van der Waals surface area contributed by atoms with Crippen LogP contribution in [-0.2, 0) is 4.74 Å². The van der Waals surface area contributed by atoms with Crippen LogP contribution in [0.4, 0.5) is 5.95 Å². The van der Waals surface area contributed by atoms with Crippen molar-refractivity contribution in [1.82, 2.24) is 9.55 Å². The van der Waals surface area contributed by atoms with Crippen molar-refractivity contribution in [3.05, 3.63) is 36.7 Å². The van der Waals surface area contributed by atoms with Crippen LogP contribution in [0.25, 0.3) is 5.69 Å². The predicted octanol–water partition coefficient (Wildman–Crippen LogP) is 2.72. The normalized spacial score (nSPS) is 10.5. The van der Waals surface area contributed by atoms with Gasteiger partial charge in [-0.05, 0) is 25.5 Å². The molecule has 20 heavy (non-hydrogen) atoms. The molecule has 1 N–H and O–H groups in total. The SMILES string of the molecule is CCOCCCNc1nccn1-c1ccccc1OC. The van der Waals surface area contributed by atoms with Crippen molar-refractivity contribution >= 4 is 5.95 Å². The number of rotatable bonds is 8. The Morgan fingerprint density at radius 2 is 2.15 bits per heavy atom. The molecular formula is C15H21N3O2. The first-order valence-electron chi connectivity index (χ1n) is 6.85. The second-order valence-corrected chi connectivity index (χ2v) is 4.27. The lowest BCUT2D eigenvalue weighted by molar-refractivity contribution is 0.147. The van der Waals surface area contributed by atoms with E-state index in [1.54, 1.807) is 13.3 Å². The number of hydrogen-bond acceptors (Lipinski definition) is 4. The molecule has 0 bridgehead atoms. The molecule has 0 radical (unpaired) electrons. The molecule has 1 aromatic heterocycles. The van der Waals surface area contributed by atoms with Crippen LogP contribution in [0.1, 0.15) is 13.3 Å². The smallest absolute Gasteiger partial charge is 0.207 e. The molecule has 1 heterocycles. The van der Waals surface area contributed by atoms with Crippen molar-refractivity contribution in [1.29, 1.82) is 0 Å². The molecule has 0 unspecified atom stereocenters. The summed E-state index contributed by atoms with van der Waals surface area (Å²) in [7, 11) is 1.67. The van der Waals surface area contributed by atoms with Crippen LogP contribution in [0.5, 0.6) is 5.75 Å². The summed E-state index contributed by atoms with van der Waals surface area (Å²) >= 11 is 0. The van der Waals surface area contributed by atoms with Gasteiger partial charge >= 0.3 is 0 Å². The van der Waals surface area contributed by atoms with Gasteiger partial charge in [-0.25, -0.2) is 4.98 Å². The van der Waals surface area contributed by atoms with Crippen LogP contribution in [0, 0.1) is 0 Å². The Labute approximate surface area is 119 Å². The van der Waals surface area contributed by atoms with Gasteiger partial charge in [-0.15, -0.1) is 0 Å². The average molecular weight is 275 g/mol. The van der Waals surface area contributed by atoms with Crippen molar-refractivity contribution in [2.24, 2.45) is 0 Å². The molecule has 2 aromatic rings. The number of ether oxygens (including phenoxy) is 2. The van der Waals surface area contributed by atoms with Crippen molar-refractivity contribution < 1.29 is 9.47 Å². The van der Waals surface area contributed by atoms with E-state index in [4.69, 9.17) is 9.47 Å². The van der Waals surface area contributed by atoms with Crippen molar-refractivity contribution in [3.8, 4) is 11.4 Å². The second kappa shape index (κ2) is 7.55. The maximum absolute atomic E-state index is 5.39. The van der Waals surface area contributed by atoms with E-state index in [-0.39, 0.29) is 0 Å². The monoisotopic (exact) mass is 275 g/mol. The molecule has 0 saturated heterocycles. The highest BCUT2D eigenvalue weighted by molar-refractivity contribution is 5.51. The van der Waals surface area contributed by atoms with Crippen LogP contribution in [-0.4, -0.2) is 36.4 Å². The van der Waals surface area contributed by atoms with E-state index in [2.05, 4.69) is 10.3 Å². The number of methoxy groups -OCH3 is 1. The quantitative estimate of drug-likeness (QED) is 0.753. The maximum Gasteiger partial charge on any atom is 0.207 e. The van der Waals surface area contributed by atoms with E-state index in [1.165, 1.54) is 0 Å². The third-order valence-electron chi connectivity index (χ3n) is 2.94. The molecular weight excluding hydrogens is 254 g/mol. The first-order valence-corrected chi connectivity index (χ1v) is 6.85. The Balaban J connectivity index is 2.04. The lowest BCUT2D eigenvalue weighted by Crippen LogP contribution is -2.10. The molecule has 0 aliphatic carbocycles. The van der Waals surface area contributed by atoms with Gasteiger partial charge in [0, 0.05) is 32.2 Å². The molecule has 108 valence electrons. The number of benzene rings is 1. The molecule has 0 atom stereocenters. The Morgan fingerprint density at radius 3 is 2.95 bits per heavy atom. The highest BCUT2D eigenvalue weighted by Crippen LogP contribution is 2.24. The van der Waals surface area contributed by atoms with Crippen molar-refractivity contribution in [2.75, 3.05) is 32.2 Å². The van der Waals surface area contributed by atoms with Gasteiger partial charge in [0.1, 0.15) is 5.75 Å². The predicted molar refractivity (Wildman–Crippen MR) is 79.7 cm³/mol. The van der Waals surface area contributed by atoms with Gasteiger partial charge in [0.05, 0.1) is 12.8 Å². The van der Waals surface area contributed by atoms with Gasteiger partial charge in [-0.1, -0.05) is 12.1 Å². The number of nitrogens with zero attached hydrogens (tertiary/aromatic N) is 2. The first kappa shape index (κ1) is 14.4. The molecule has 0 saturated carbocycles. The zero-order chi connectivity index (χ0) is 14.2. The summed E-state index contributed by atoms with van der Waals surface area (Å²) in [6.45, 7) is 4.35. The van der Waals surface area contributed by atoms with Crippen LogP contribution < -0.4 is 10.1 Å². The number of imidazole rings is 1. The molecule has 5 heteroatoms. The number of anilines is 1. The van der Waals surface area contributed by atoms with E-state index in [0.717, 1.165) is 43.6 Å². The Hall–Kier alpha value is -2.01. The zero-order valence-electron chi connectivity index (χ0n) is 12.0. The molecule has 0 aliphatic rings. The topological polar surface area (TPSA) is 48.3 Å². The van der Waals surface area contributed by atoms with Crippen molar-refractivity contribution in [3.63, 3.8) is 0 Å². The summed E-state index contributed by atoms with van der Waals surface area (Å²) in [4.78, 5) is 4.34. The number of nitrogens with one attached hydrogen (secondary N) is 1. The fourth-order valence-corrected chi connectivity index (χ4v) is 1.98. The molecule has 0 spiro atoms. The lowest BCUT2D eigenvalue weighted by Gasteiger charge is -2.12. The second-order valence-electron chi connectivity index (χ2n) is 4.27. The average Bonchev–Trinajstić information content (AvgIpc) is 2.95. The number of aromatic nitrogens is 2. The van der Waals surface area contributed by atoms with Gasteiger partial charge in [0.2, 0.25) is 5.95 Å². The molecule has 5 nitrogen and oxygen atoms in total. The molecule has 2 rings (SSSR count). The summed E-state index contributed by atoms with van der Waals surface area (Å²) in [5.41, 5.74) is 0.972. The van der Waals surface area contributed by atoms with E-state index >= 15 is 0 Å². The summed E-state index contributed by atoms with van der Waals surface area (Å²) < 4.78 is 12.7. The van der Waals surface area contributed by atoms with Crippen molar-refractivity contribution in [2.45, 2.75) is 13.3 Å². The number of para-hydroxylation sites is 2. The van der Waals surface area contributed by atoms with Crippen LogP contribution >= 0.6 is 0 Å². The summed E-state index contributed by atoms with van der Waals surface area (Å²) in [6, 6.07) is 7.88. The minimum absolute atomic E-state index is 0.760. The zero-order valence-corrected chi connectivity index (χ0v) is 12.0. The van der Waals surface area contributed by atoms with Gasteiger partial charge < -0.3 is 14.8 Å². The minimum Gasteiger partial charge on any atom is -0.495 e. The number of hydrogen-bond donors (Lipinski definition) is 1. The van der Waals surface area contributed by atoms with Crippen LogP contribution in [0.15, 0.2) is 36.7 Å². The van der Waals surface area contributed by atoms with E-state index < -0.39 is 0 Å². The Kier molecular flexibility index (Phi) is 5.43. The van der Waals surface area contributed by atoms with Gasteiger partial charge in [-0.2, -0.15) is 0 Å². The largest absolute Gasteiger partial charge is 0.495 e. The summed E-state index contributed by atoms with van der Waals surface area (Å²) in [5, 5.41) is 3.32. The van der Waals surface area contributed by atoms with E-state index in [0.29, 0.717) is 0 Å². The maximum atomic E-state index is 5.39. The third kappa shape index (κ3) is 3.51. The Bertz CT molecular complexity index is 525. The molecule has 1 aromatic carbocycles.